The summed E-state index contributed by atoms with van der Waals surface area (Å²) in [5.41, 5.74) is 5.68. The minimum atomic E-state index is -3.81. The van der Waals surface area contributed by atoms with Gasteiger partial charge in [0, 0.05) is 18.7 Å². The maximum atomic E-state index is 12.5. The molecule has 2 amide bonds. The Morgan fingerprint density at radius 1 is 1.19 bits per heavy atom. The number of carbonyl (C=O) groups excluding carboxylic acids is 2. The number of nitrogens with zero attached hydrogens (tertiary/aromatic N) is 1. The summed E-state index contributed by atoms with van der Waals surface area (Å²) in [6, 6.07) is 10.2. The molecule has 0 saturated carbocycles. The van der Waals surface area contributed by atoms with Crippen LogP contribution in [-0.2, 0) is 14.8 Å². The Morgan fingerprint density at radius 2 is 2.00 bits per heavy atom. The van der Waals surface area contributed by atoms with Gasteiger partial charge in [-0.15, -0.1) is 0 Å². The van der Waals surface area contributed by atoms with Crippen molar-refractivity contribution in [2.24, 2.45) is 10.7 Å². The summed E-state index contributed by atoms with van der Waals surface area (Å²) in [4.78, 5) is 28.0. The van der Waals surface area contributed by atoms with E-state index in [-0.39, 0.29) is 21.9 Å². The number of benzene rings is 2. The highest BCUT2D eigenvalue weighted by atomic mass is 32.2. The molecule has 11 heteroatoms. The summed E-state index contributed by atoms with van der Waals surface area (Å²) in [5, 5.41) is 2.56. The molecule has 0 spiro atoms. The molecule has 10 nitrogen and oxygen atoms in total. The number of amides is 2. The highest BCUT2D eigenvalue weighted by molar-refractivity contribution is 7.90. The predicted molar refractivity (Wildman–Crippen MR) is 114 cm³/mol. The molecule has 4 N–H and O–H groups in total. The van der Waals surface area contributed by atoms with Crippen molar-refractivity contribution in [1.29, 1.82) is 0 Å². The average molecular weight is 446 g/mol. The van der Waals surface area contributed by atoms with Crippen LogP contribution >= 0.6 is 0 Å². The molecule has 0 saturated heterocycles. The number of hydrogen-bond acceptors (Lipinski definition) is 7. The van der Waals surface area contributed by atoms with Gasteiger partial charge in [-0.1, -0.05) is 6.07 Å². The van der Waals surface area contributed by atoms with Crippen LogP contribution < -0.4 is 25.2 Å². The fourth-order valence-corrected chi connectivity index (χ4v) is 4.01. The Kier molecular flexibility index (Phi) is 6.75. The van der Waals surface area contributed by atoms with Crippen LogP contribution in [0.1, 0.15) is 23.2 Å². The van der Waals surface area contributed by atoms with Crippen molar-refractivity contribution in [1.82, 2.24) is 4.72 Å². The molecule has 1 aliphatic rings. The molecule has 31 heavy (non-hydrogen) atoms. The zero-order valence-electron chi connectivity index (χ0n) is 16.8. The molecule has 164 valence electrons. The van der Waals surface area contributed by atoms with Gasteiger partial charge in [-0.25, -0.2) is 8.42 Å². The molecular formula is C20H22N4O6S. The maximum absolute atomic E-state index is 12.5. The lowest BCUT2D eigenvalue weighted by Crippen LogP contribution is -2.29. The number of anilines is 1. The van der Waals surface area contributed by atoms with Gasteiger partial charge in [0.2, 0.25) is 0 Å². The van der Waals surface area contributed by atoms with Crippen LogP contribution in [0.25, 0.3) is 0 Å². The van der Waals surface area contributed by atoms with Gasteiger partial charge in [-0.3, -0.25) is 19.3 Å². The Balaban J connectivity index is 1.65. The summed E-state index contributed by atoms with van der Waals surface area (Å²) >= 11 is 0. The molecule has 1 aliphatic heterocycles. The quantitative estimate of drug-likeness (QED) is 0.556. The van der Waals surface area contributed by atoms with E-state index in [1.54, 1.807) is 12.1 Å². The van der Waals surface area contributed by atoms with Crippen molar-refractivity contribution in [2.75, 3.05) is 25.6 Å². The molecule has 0 radical (unpaired) electrons. The summed E-state index contributed by atoms with van der Waals surface area (Å²) in [6.45, 7) is 0.179. The topological polar surface area (TPSA) is 149 Å². The number of sulfonamides is 1. The third-order valence-electron chi connectivity index (χ3n) is 4.37. The van der Waals surface area contributed by atoms with E-state index >= 15 is 0 Å². The fourth-order valence-electron chi connectivity index (χ4n) is 2.87. The van der Waals surface area contributed by atoms with Crippen LogP contribution in [0.2, 0.25) is 0 Å². The first-order valence-electron chi connectivity index (χ1n) is 9.35. The molecule has 2 aromatic rings. The van der Waals surface area contributed by atoms with Crippen molar-refractivity contribution in [3.05, 3.63) is 48.0 Å². The van der Waals surface area contributed by atoms with E-state index in [2.05, 4.69) is 15.0 Å². The number of amidine groups is 1. The average Bonchev–Trinajstić information content (AvgIpc) is 3.24. The van der Waals surface area contributed by atoms with Crippen LogP contribution in [0.15, 0.2) is 52.4 Å². The van der Waals surface area contributed by atoms with Gasteiger partial charge >= 0.3 is 0 Å². The van der Waals surface area contributed by atoms with Crippen molar-refractivity contribution < 1.29 is 27.5 Å². The maximum Gasteiger partial charge on any atom is 0.262 e. The monoisotopic (exact) mass is 446 g/mol. The first-order valence-corrected chi connectivity index (χ1v) is 10.8. The zero-order valence-corrected chi connectivity index (χ0v) is 17.6. The lowest BCUT2D eigenvalue weighted by molar-refractivity contribution is -0.118. The van der Waals surface area contributed by atoms with Crippen LogP contribution in [0.3, 0.4) is 0 Å². The normalized spacial score (nSPS) is 13.3. The van der Waals surface area contributed by atoms with E-state index in [0.29, 0.717) is 24.6 Å². The number of carbonyl (C=O) groups is 2. The van der Waals surface area contributed by atoms with E-state index in [1.165, 1.54) is 37.4 Å². The number of ether oxygens (including phenoxy) is 2. The second-order valence-electron chi connectivity index (χ2n) is 6.63. The second-order valence-corrected chi connectivity index (χ2v) is 8.31. The van der Waals surface area contributed by atoms with Crippen molar-refractivity contribution in [2.45, 2.75) is 17.7 Å². The molecule has 0 bridgehead atoms. The molecule has 1 heterocycles. The number of hydrogen-bond donors (Lipinski definition) is 3. The zero-order chi connectivity index (χ0) is 22.4. The van der Waals surface area contributed by atoms with Gasteiger partial charge in [0.15, 0.2) is 6.61 Å². The number of nitrogens with one attached hydrogen (secondary N) is 2. The first kappa shape index (κ1) is 22.1. The molecule has 2 aromatic carbocycles. The second kappa shape index (κ2) is 9.47. The Labute approximate surface area is 179 Å². The Hall–Kier alpha value is -3.60. The lowest BCUT2D eigenvalue weighted by Gasteiger charge is -2.12. The smallest absolute Gasteiger partial charge is 0.262 e. The van der Waals surface area contributed by atoms with Crippen molar-refractivity contribution in [3.8, 4) is 11.5 Å². The summed E-state index contributed by atoms with van der Waals surface area (Å²) in [5.74, 6) is -0.310. The van der Waals surface area contributed by atoms with Crippen molar-refractivity contribution in [3.63, 3.8) is 0 Å². The van der Waals surface area contributed by atoms with Gasteiger partial charge in [0.25, 0.3) is 21.8 Å². The number of rotatable bonds is 8. The molecular weight excluding hydrogens is 424 g/mol. The van der Waals surface area contributed by atoms with Crippen LogP contribution in [0, 0.1) is 0 Å². The largest absolute Gasteiger partial charge is 0.497 e. The van der Waals surface area contributed by atoms with Crippen LogP contribution in [0.4, 0.5) is 5.69 Å². The Bertz CT molecular complexity index is 1130. The van der Waals surface area contributed by atoms with E-state index < -0.39 is 28.4 Å². The lowest BCUT2D eigenvalue weighted by atomic mass is 10.2. The van der Waals surface area contributed by atoms with Gasteiger partial charge in [0.05, 0.1) is 17.6 Å². The first-order chi connectivity index (χ1) is 14.8. The third-order valence-corrected chi connectivity index (χ3v) is 5.74. The van der Waals surface area contributed by atoms with Gasteiger partial charge in [-0.05, 0) is 42.8 Å². The van der Waals surface area contributed by atoms with E-state index in [9.17, 15) is 18.0 Å². The predicted octanol–water partition coefficient (Wildman–Crippen LogP) is 1.28. The molecule has 3 rings (SSSR count). The number of aliphatic imine (C=N–C) groups is 1. The molecule has 0 aliphatic carbocycles. The number of methoxy groups -OCH3 is 1. The minimum Gasteiger partial charge on any atom is -0.497 e. The summed E-state index contributed by atoms with van der Waals surface area (Å²) in [6.07, 6.45) is 1.38. The van der Waals surface area contributed by atoms with E-state index in [4.69, 9.17) is 15.2 Å². The van der Waals surface area contributed by atoms with Gasteiger partial charge in [-0.2, -0.15) is 0 Å². The van der Waals surface area contributed by atoms with Crippen molar-refractivity contribution >= 4 is 33.4 Å². The number of primary amides is 1. The van der Waals surface area contributed by atoms with Crippen LogP contribution in [0.5, 0.6) is 11.5 Å². The standard InChI is InChI=1S/C20H22N4O6S/c1-29-14-7-8-17(16(11-14)20(21)26)30-12-19(25)23-13-4-2-5-15(10-13)31(27,28)24-18-6-3-9-22-18/h2,4-5,7-8,10-11H,3,6,9,12H2,1H3,(H2,21,26)(H,22,24)(H,23,25). The minimum absolute atomic E-state index is 0.00742. The fraction of sp³-hybridized carbons (Fsp3) is 0.250. The molecule has 0 aromatic heterocycles. The molecule has 0 unspecified atom stereocenters. The van der Waals surface area contributed by atoms with Gasteiger partial charge < -0.3 is 20.5 Å². The van der Waals surface area contributed by atoms with Crippen LogP contribution in [-0.4, -0.2) is 46.3 Å². The summed E-state index contributed by atoms with van der Waals surface area (Å²) < 4.78 is 37.9. The highest BCUT2D eigenvalue weighted by Gasteiger charge is 2.19. The van der Waals surface area contributed by atoms with E-state index in [0.717, 1.165) is 6.42 Å². The Morgan fingerprint density at radius 3 is 2.68 bits per heavy atom. The van der Waals surface area contributed by atoms with E-state index in [1.807, 2.05) is 0 Å². The number of nitrogens with two attached hydrogens (primary N) is 1. The van der Waals surface area contributed by atoms with Gasteiger partial charge in [0.1, 0.15) is 17.3 Å². The molecule has 0 fully saturated rings. The molecule has 0 atom stereocenters. The summed E-state index contributed by atoms with van der Waals surface area (Å²) in [7, 11) is -2.36. The third kappa shape index (κ3) is 5.72. The SMILES string of the molecule is COc1ccc(OCC(=O)Nc2cccc(S(=O)(=O)NC3=NCCC3)c2)c(C(N)=O)c1. The highest BCUT2D eigenvalue weighted by Crippen LogP contribution is 2.24.